The fourth-order valence-electron chi connectivity index (χ4n) is 5.13. The molecule has 6 rings (SSSR count). The van der Waals surface area contributed by atoms with Crippen LogP contribution in [0.25, 0.3) is 11.1 Å². The van der Waals surface area contributed by atoms with Crippen LogP contribution in [0.3, 0.4) is 0 Å². The maximum absolute atomic E-state index is 13.7. The second kappa shape index (κ2) is 8.03. The van der Waals surface area contributed by atoms with Crippen LogP contribution in [0, 0.1) is 23.0 Å². The van der Waals surface area contributed by atoms with Crippen molar-refractivity contribution in [2.75, 3.05) is 26.2 Å². The van der Waals surface area contributed by atoms with E-state index in [0.717, 1.165) is 49.7 Å². The third-order valence-corrected chi connectivity index (χ3v) is 7.08. The van der Waals surface area contributed by atoms with E-state index in [1.54, 1.807) is 0 Å². The summed E-state index contributed by atoms with van der Waals surface area (Å²) in [5, 5.41) is 3.08. The molecule has 1 amide bonds. The Kier molecular flexibility index (Phi) is 5.32. The summed E-state index contributed by atoms with van der Waals surface area (Å²) in [5.41, 5.74) is 1.78. The number of carbonyl (C=O) groups is 1. The van der Waals surface area contributed by atoms with Crippen molar-refractivity contribution in [3.63, 3.8) is 0 Å². The molecule has 32 heavy (non-hydrogen) atoms. The first kappa shape index (κ1) is 21.2. The van der Waals surface area contributed by atoms with Crippen LogP contribution in [0.1, 0.15) is 38.3 Å². The van der Waals surface area contributed by atoms with Crippen molar-refractivity contribution in [3.8, 4) is 16.9 Å². The van der Waals surface area contributed by atoms with Crippen molar-refractivity contribution in [2.24, 2.45) is 11.3 Å². The van der Waals surface area contributed by atoms with Crippen molar-refractivity contribution in [1.82, 2.24) is 10.2 Å². The Morgan fingerprint density at radius 1 is 1.09 bits per heavy atom. The topological polar surface area (TPSA) is 50.8 Å². The number of hydrogen-bond acceptors (Lipinski definition) is 4. The molecule has 1 unspecified atom stereocenters. The molecule has 7 heteroatoms. The van der Waals surface area contributed by atoms with Crippen LogP contribution in [-0.4, -0.2) is 43.3 Å². The molecule has 0 spiro atoms. The van der Waals surface area contributed by atoms with E-state index in [4.69, 9.17) is 9.47 Å². The number of nitrogens with zero attached hydrogens (tertiary/aromatic N) is 1. The van der Waals surface area contributed by atoms with Crippen LogP contribution >= 0.6 is 0 Å². The van der Waals surface area contributed by atoms with E-state index in [1.807, 2.05) is 32.0 Å². The molecule has 2 aromatic rings. The zero-order valence-corrected chi connectivity index (χ0v) is 18.4. The molecule has 2 bridgehead atoms. The van der Waals surface area contributed by atoms with Gasteiger partial charge in [-0.2, -0.15) is 0 Å². The molecule has 0 radical (unpaired) electrons. The van der Waals surface area contributed by atoms with Gasteiger partial charge in [-0.05, 0) is 61.2 Å². The van der Waals surface area contributed by atoms with Gasteiger partial charge in [-0.15, -0.1) is 0 Å². The third-order valence-electron chi connectivity index (χ3n) is 7.08. The molecule has 3 fully saturated rings. The van der Waals surface area contributed by atoms with Gasteiger partial charge < -0.3 is 14.8 Å². The predicted molar refractivity (Wildman–Crippen MR) is 116 cm³/mol. The first-order valence-electron chi connectivity index (χ1n) is 11.2. The Labute approximate surface area is 186 Å². The molecule has 2 aromatic carbocycles. The Bertz CT molecular complexity index is 1030. The predicted octanol–water partition coefficient (Wildman–Crippen LogP) is 4.91. The smallest absolute Gasteiger partial charge is 0.407 e. The highest BCUT2D eigenvalue weighted by Crippen LogP contribution is 2.44. The van der Waals surface area contributed by atoms with Gasteiger partial charge in [0.2, 0.25) is 0 Å². The second-order valence-electron chi connectivity index (χ2n) is 9.82. The summed E-state index contributed by atoms with van der Waals surface area (Å²) in [7, 11) is 0. The quantitative estimate of drug-likeness (QED) is 0.734. The van der Waals surface area contributed by atoms with E-state index < -0.39 is 17.7 Å². The number of nitrogens with one attached hydrogen (secondary N) is 1. The van der Waals surface area contributed by atoms with Gasteiger partial charge in [0.15, 0.2) is 11.6 Å². The first-order chi connectivity index (χ1) is 15.3. The van der Waals surface area contributed by atoms with Crippen molar-refractivity contribution in [2.45, 2.75) is 38.8 Å². The number of alkyl carbamates (subject to hydrolysis) is 1. The van der Waals surface area contributed by atoms with Crippen LogP contribution in [0.5, 0.6) is 5.75 Å². The number of ether oxygens (including phenoxy) is 2. The van der Waals surface area contributed by atoms with Crippen molar-refractivity contribution >= 4 is 6.09 Å². The van der Waals surface area contributed by atoms with Crippen LogP contribution in [-0.2, 0) is 4.74 Å². The summed E-state index contributed by atoms with van der Waals surface area (Å²) in [4.78, 5) is 15.2. The average Bonchev–Trinajstić information content (AvgIpc) is 2.78. The molecule has 0 saturated carbocycles. The highest BCUT2D eigenvalue weighted by Gasteiger charge is 2.41. The number of rotatable bonds is 3. The Balaban J connectivity index is 1.36. The molecule has 4 aliphatic rings. The van der Waals surface area contributed by atoms with Gasteiger partial charge in [0, 0.05) is 17.5 Å². The van der Waals surface area contributed by atoms with Gasteiger partial charge in [-0.25, -0.2) is 13.6 Å². The summed E-state index contributed by atoms with van der Waals surface area (Å²) < 4.78 is 38.8. The molecule has 0 aromatic heterocycles. The molecule has 170 valence electrons. The standard InChI is InChI=1S/C25H28F2N2O3/c1-25(2)14-31-21-12-17(16-4-6-19(26)20(27)11-16)3-5-18(21)23(25)28-24(30)32-22-13-29-9-7-15(22)8-10-29/h3-6,11-12,15,22-23H,7-10,13-14H2,1-2H3,(H,28,30)/t22-,23?/m0/s1. The average molecular weight is 443 g/mol. The maximum Gasteiger partial charge on any atom is 0.407 e. The normalized spacial score (nSPS) is 27.9. The SMILES string of the molecule is CC1(C)COc2cc(-c3ccc(F)c(F)c3)ccc2C1NC(=O)O[C@H]1CN2CCC1CC2. The van der Waals surface area contributed by atoms with Crippen molar-refractivity contribution < 1.29 is 23.0 Å². The lowest BCUT2D eigenvalue weighted by atomic mass is 9.78. The molecule has 2 atom stereocenters. The number of benzene rings is 2. The molecule has 4 aliphatic heterocycles. The number of fused-ring (bicyclic) bond motifs is 4. The van der Waals surface area contributed by atoms with Gasteiger partial charge in [-0.3, -0.25) is 4.90 Å². The zero-order valence-electron chi connectivity index (χ0n) is 18.4. The number of carbonyl (C=O) groups excluding carboxylic acids is 1. The Morgan fingerprint density at radius 3 is 2.50 bits per heavy atom. The number of amides is 1. The van der Waals surface area contributed by atoms with E-state index in [1.165, 1.54) is 12.1 Å². The van der Waals surface area contributed by atoms with Crippen LogP contribution in [0.4, 0.5) is 13.6 Å². The Morgan fingerprint density at radius 2 is 1.81 bits per heavy atom. The monoisotopic (exact) mass is 442 g/mol. The molecular formula is C25H28F2N2O3. The molecule has 1 N–H and O–H groups in total. The molecule has 0 aliphatic carbocycles. The van der Waals surface area contributed by atoms with E-state index in [-0.39, 0.29) is 17.6 Å². The zero-order chi connectivity index (χ0) is 22.5. The van der Waals surface area contributed by atoms with Gasteiger partial charge in [0.1, 0.15) is 11.9 Å². The first-order valence-corrected chi connectivity index (χ1v) is 11.2. The minimum atomic E-state index is -0.891. The lowest BCUT2D eigenvalue weighted by Crippen LogP contribution is -2.53. The fourth-order valence-corrected chi connectivity index (χ4v) is 5.13. The maximum atomic E-state index is 13.7. The van der Waals surface area contributed by atoms with Crippen molar-refractivity contribution in [1.29, 1.82) is 0 Å². The number of piperidine rings is 3. The van der Waals surface area contributed by atoms with Gasteiger partial charge in [0.05, 0.1) is 12.6 Å². The van der Waals surface area contributed by atoms with Crippen LogP contribution in [0.15, 0.2) is 36.4 Å². The minimum absolute atomic E-state index is 0.0596. The van der Waals surface area contributed by atoms with Gasteiger partial charge in [-0.1, -0.05) is 32.0 Å². The molecule has 4 heterocycles. The number of hydrogen-bond donors (Lipinski definition) is 1. The largest absolute Gasteiger partial charge is 0.493 e. The highest BCUT2D eigenvalue weighted by molar-refractivity contribution is 5.70. The molecule has 3 saturated heterocycles. The highest BCUT2D eigenvalue weighted by atomic mass is 19.2. The number of halogens is 2. The summed E-state index contributed by atoms with van der Waals surface area (Å²) in [6.45, 7) is 7.48. The summed E-state index contributed by atoms with van der Waals surface area (Å²) in [5.74, 6) is -0.702. The molecule has 5 nitrogen and oxygen atoms in total. The van der Waals surface area contributed by atoms with Gasteiger partial charge >= 0.3 is 6.09 Å². The summed E-state index contributed by atoms with van der Waals surface area (Å²) >= 11 is 0. The fraction of sp³-hybridized carbons (Fsp3) is 0.480. The van der Waals surface area contributed by atoms with Crippen LogP contribution < -0.4 is 10.1 Å². The third kappa shape index (κ3) is 3.94. The van der Waals surface area contributed by atoms with Gasteiger partial charge in [0.25, 0.3) is 0 Å². The van der Waals surface area contributed by atoms with E-state index in [9.17, 15) is 13.6 Å². The minimum Gasteiger partial charge on any atom is -0.493 e. The van der Waals surface area contributed by atoms with E-state index in [2.05, 4.69) is 10.2 Å². The van der Waals surface area contributed by atoms with E-state index >= 15 is 0 Å². The molecular weight excluding hydrogens is 414 g/mol. The van der Waals surface area contributed by atoms with E-state index in [0.29, 0.717) is 23.8 Å². The lowest BCUT2D eigenvalue weighted by molar-refractivity contribution is -0.0361. The van der Waals surface area contributed by atoms with Crippen molar-refractivity contribution in [3.05, 3.63) is 53.6 Å². The Hall–Kier alpha value is -2.67. The van der Waals surface area contributed by atoms with Crippen LogP contribution in [0.2, 0.25) is 0 Å². The summed E-state index contributed by atoms with van der Waals surface area (Å²) in [6, 6.07) is 9.06. The second-order valence-corrected chi connectivity index (χ2v) is 9.82. The summed E-state index contributed by atoms with van der Waals surface area (Å²) in [6.07, 6.45) is 1.70. The lowest BCUT2D eigenvalue weighted by Gasteiger charge is -2.44.